The summed E-state index contributed by atoms with van der Waals surface area (Å²) in [6, 6.07) is 20.1. The van der Waals surface area contributed by atoms with Gasteiger partial charge in [-0.25, -0.2) is 0 Å². The van der Waals surface area contributed by atoms with Crippen molar-refractivity contribution in [3.05, 3.63) is 60.2 Å². The van der Waals surface area contributed by atoms with Gasteiger partial charge in [-0.2, -0.15) is 0 Å². The Morgan fingerprint density at radius 1 is 1.00 bits per heavy atom. The Labute approximate surface area is 149 Å². The Hall–Kier alpha value is -2.13. The van der Waals surface area contributed by atoms with Crippen molar-refractivity contribution in [2.75, 3.05) is 14.2 Å². The van der Waals surface area contributed by atoms with Crippen LogP contribution < -0.4 is 0 Å². The maximum absolute atomic E-state index is 12.5. The number of rotatable bonds is 3. The van der Waals surface area contributed by atoms with E-state index >= 15 is 0 Å². The van der Waals surface area contributed by atoms with E-state index in [0.29, 0.717) is 12.1 Å². The van der Waals surface area contributed by atoms with Crippen molar-refractivity contribution in [2.24, 2.45) is 5.92 Å². The number of piperidine rings is 1. The average Bonchev–Trinajstić information content (AvgIpc) is 2.90. The first-order valence-electron chi connectivity index (χ1n) is 9.14. The lowest BCUT2D eigenvalue weighted by atomic mass is 9.76. The van der Waals surface area contributed by atoms with Crippen LogP contribution in [0.3, 0.4) is 0 Å². The first kappa shape index (κ1) is 16.3. The molecule has 3 heteroatoms. The highest BCUT2D eigenvalue weighted by Gasteiger charge is 2.49. The van der Waals surface area contributed by atoms with Crippen molar-refractivity contribution in [2.45, 2.75) is 37.3 Å². The number of carbonyl (C=O) groups excluding carboxylic acids is 1. The molecule has 2 heterocycles. The average molecular weight is 335 g/mol. The number of esters is 1. The molecule has 0 N–H and O–H groups in total. The van der Waals surface area contributed by atoms with E-state index in [1.54, 1.807) is 0 Å². The van der Waals surface area contributed by atoms with Crippen LogP contribution in [0.15, 0.2) is 54.6 Å². The maximum atomic E-state index is 12.5. The molecule has 130 valence electrons. The van der Waals surface area contributed by atoms with Gasteiger partial charge in [0.15, 0.2) is 0 Å². The minimum Gasteiger partial charge on any atom is -0.469 e. The SMILES string of the molecule is COC(=O)[C@H]1[C@H](c2ccc(-c3ccccc3)cc2)C[C@H]2CC[C@@H]1N2C. The summed E-state index contributed by atoms with van der Waals surface area (Å²) >= 11 is 0. The standard InChI is InChI=1S/C22H25NO2/c1-23-18-12-13-20(23)21(22(24)25-2)19(14-18)17-10-8-16(9-11-17)15-6-4-3-5-7-15/h3-11,18-21H,12-14H2,1-2H3/t18-,19+,20+,21+/m1/s1. The predicted molar refractivity (Wildman–Crippen MR) is 99.3 cm³/mol. The number of ether oxygens (including phenoxy) is 1. The van der Waals surface area contributed by atoms with E-state index in [4.69, 9.17) is 4.74 Å². The molecule has 2 saturated heterocycles. The summed E-state index contributed by atoms with van der Waals surface area (Å²) < 4.78 is 5.17. The lowest BCUT2D eigenvalue weighted by Gasteiger charge is -2.41. The van der Waals surface area contributed by atoms with Crippen molar-refractivity contribution in [1.82, 2.24) is 4.90 Å². The molecule has 4 atom stereocenters. The van der Waals surface area contributed by atoms with Gasteiger partial charge in [-0.1, -0.05) is 54.6 Å². The first-order valence-corrected chi connectivity index (χ1v) is 9.14. The molecule has 0 saturated carbocycles. The maximum Gasteiger partial charge on any atom is 0.310 e. The van der Waals surface area contributed by atoms with Crippen molar-refractivity contribution in [3.63, 3.8) is 0 Å². The first-order chi connectivity index (χ1) is 12.2. The summed E-state index contributed by atoms with van der Waals surface area (Å²) in [5, 5.41) is 0. The lowest BCUT2D eigenvalue weighted by Crippen LogP contribution is -2.49. The zero-order chi connectivity index (χ0) is 17.4. The molecule has 3 nitrogen and oxygen atoms in total. The number of methoxy groups -OCH3 is 1. The largest absolute Gasteiger partial charge is 0.469 e. The summed E-state index contributed by atoms with van der Waals surface area (Å²) in [4.78, 5) is 14.9. The fourth-order valence-corrected chi connectivity index (χ4v) is 4.82. The summed E-state index contributed by atoms with van der Waals surface area (Å²) in [5.41, 5.74) is 3.71. The van der Waals surface area contributed by atoms with Crippen LogP contribution in [0.2, 0.25) is 0 Å². The fraction of sp³-hybridized carbons (Fsp3) is 0.409. The van der Waals surface area contributed by atoms with Gasteiger partial charge in [0.05, 0.1) is 13.0 Å². The molecular formula is C22H25NO2. The predicted octanol–water partition coefficient (Wildman–Crippen LogP) is 4.09. The van der Waals surface area contributed by atoms with Gasteiger partial charge in [0.1, 0.15) is 0 Å². The van der Waals surface area contributed by atoms with Gasteiger partial charge in [0.25, 0.3) is 0 Å². The molecule has 2 aliphatic heterocycles. The van der Waals surface area contributed by atoms with E-state index in [2.05, 4.69) is 60.5 Å². The Morgan fingerprint density at radius 3 is 2.36 bits per heavy atom. The molecule has 2 aliphatic rings. The van der Waals surface area contributed by atoms with Gasteiger partial charge >= 0.3 is 5.97 Å². The van der Waals surface area contributed by atoms with Crippen molar-refractivity contribution in [3.8, 4) is 11.1 Å². The molecule has 0 amide bonds. The highest BCUT2D eigenvalue weighted by molar-refractivity contribution is 5.75. The van der Waals surface area contributed by atoms with E-state index in [9.17, 15) is 4.79 Å². The van der Waals surface area contributed by atoms with Crippen LogP contribution in [0, 0.1) is 5.92 Å². The van der Waals surface area contributed by atoms with Gasteiger partial charge in [-0.3, -0.25) is 9.69 Å². The van der Waals surface area contributed by atoms with E-state index in [1.807, 2.05) is 6.07 Å². The number of carbonyl (C=O) groups is 1. The Kier molecular flexibility index (Phi) is 4.34. The van der Waals surface area contributed by atoms with Crippen LogP contribution in [0.4, 0.5) is 0 Å². The Bertz CT molecular complexity index is 740. The molecule has 0 radical (unpaired) electrons. The highest BCUT2D eigenvalue weighted by atomic mass is 16.5. The molecule has 0 aliphatic carbocycles. The minimum absolute atomic E-state index is 0.0590. The Morgan fingerprint density at radius 2 is 1.68 bits per heavy atom. The fourth-order valence-electron chi connectivity index (χ4n) is 4.82. The smallest absolute Gasteiger partial charge is 0.310 e. The molecule has 25 heavy (non-hydrogen) atoms. The van der Waals surface area contributed by atoms with Crippen molar-refractivity contribution >= 4 is 5.97 Å². The zero-order valence-electron chi connectivity index (χ0n) is 14.9. The van der Waals surface area contributed by atoms with Crippen LogP contribution >= 0.6 is 0 Å². The van der Waals surface area contributed by atoms with Gasteiger partial charge in [0, 0.05) is 18.0 Å². The number of hydrogen-bond acceptors (Lipinski definition) is 3. The van der Waals surface area contributed by atoms with Gasteiger partial charge in [-0.05, 0) is 43.0 Å². The second kappa shape index (κ2) is 6.64. The molecule has 4 rings (SSSR count). The van der Waals surface area contributed by atoms with E-state index in [0.717, 1.165) is 12.8 Å². The van der Waals surface area contributed by atoms with Crippen LogP contribution in [-0.4, -0.2) is 37.1 Å². The van der Waals surface area contributed by atoms with Crippen molar-refractivity contribution in [1.29, 1.82) is 0 Å². The van der Waals surface area contributed by atoms with Gasteiger partial charge in [-0.15, -0.1) is 0 Å². The minimum atomic E-state index is -0.0608. The number of fused-ring (bicyclic) bond motifs is 2. The van der Waals surface area contributed by atoms with E-state index < -0.39 is 0 Å². The number of hydrogen-bond donors (Lipinski definition) is 0. The molecule has 2 aromatic carbocycles. The monoisotopic (exact) mass is 335 g/mol. The molecule has 0 aromatic heterocycles. The second-order valence-corrected chi connectivity index (χ2v) is 7.34. The second-order valence-electron chi connectivity index (χ2n) is 7.34. The number of benzene rings is 2. The van der Waals surface area contributed by atoms with Gasteiger partial charge < -0.3 is 4.74 Å². The summed E-state index contributed by atoms with van der Waals surface area (Å²) in [5.74, 6) is 0.136. The van der Waals surface area contributed by atoms with Crippen molar-refractivity contribution < 1.29 is 9.53 Å². The summed E-state index contributed by atoms with van der Waals surface area (Å²) in [7, 11) is 3.67. The van der Waals surface area contributed by atoms with Crippen LogP contribution in [0.1, 0.15) is 30.7 Å². The molecule has 2 bridgehead atoms. The summed E-state index contributed by atoms with van der Waals surface area (Å²) in [6.45, 7) is 0. The topological polar surface area (TPSA) is 29.5 Å². The number of nitrogens with zero attached hydrogens (tertiary/aromatic N) is 1. The highest BCUT2D eigenvalue weighted by Crippen LogP contribution is 2.46. The normalized spacial score (nSPS) is 28.7. The quantitative estimate of drug-likeness (QED) is 0.791. The Balaban J connectivity index is 1.64. The lowest BCUT2D eigenvalue weighted by molar-refractivity contribution is -0.150. The van der Waals surface area contributed by atoms with E-state index in [1.165, 1.54) is 30.2 Å². The van der Waals surface area contributed by atoms with Crippen LogP contribution in [0.5, 0.6) is 0 Å². The molecular weight excluding hydrogens is 310 g/mol. The van der Waals surface area contributed by atoms with Crippen LogP contribution in [-0.2, 0) is 9.53 Å². The summed E-state index contributed by atoms with van der Waals surface area (Å²) in [6.07, 6.45) is 3.32. The van der Waals surface area contributed by atoms with E-state index in [-0.39, 0.29) is 17.8 Å². The zero-order valence-corrected chi connectivity index (χ0v) is 14.9. The third-order valence-electron chi connectivity index (χ3n) is 6.19. The molecule has 2 aromatic rings. The third-order valence-corrected chi connectivity index (χ3v) is 6.19. The molecule has 2 fully saturated rings. The van der Waals surface area contributed by atoms with Crippen LogP contribution in [0.25, 0.3) is 11.1 Å². The molecule has 0 unspecified atom stereocenters. The van der Waals surface area contributed by atoms with Gasteiger partial charge in [0.2, 0.25) is 0 Å². The third kappa shape index (κ3) is 2.87. The molecule has 0 spiro atoms.